The smallest absolute Gasteiger partial charge is 0.191 e. The first-order valence-corrected chi connectivity index (χ1v) is 7.68. The zero-order chi connectivity index (χ0) is 15.1. The van der Waals surface area contributed by atoms with Gasteiger partial charge in [0.15, 0.2) is 5.96 Å². The molecular formula is C16H23F2N3. The van der Waals surface area contributed by atoms with Gasteiger partial charge in [-0.05, 0) is 38.0 Å². The topological polar surface area (TPSA) is 36.4 Å². The van der Waals surface area contributed by atoms with Gasteiger partial charge in [-0.3, -0.25) is 0 Å². The number of halogens is 2. The molecule has 0 aromatic heterocycles. The minimum atomic E-state index is -0.438. The molecule has 1 fully saturated rings. The fourth-order valence-corrected chi connectivity index (χ4v) is 2.59. The number of guanidine groups is 1. The summed E-state index contributed by atoms with van der Waals surface area (Å²) < 4.78 is 26.7. The molecule has 2 N–H and O–H groups in total. The Balaban J connectivity index is 2.00. The monoisotopic (exact) mass is 295 g/mol. The molecule has 0 bridgehead atoms. The van der Waals surface area contributed by atoms with E-state index in [-0.39, 0.29) is 12.1 Å². The largest absolute Gasteiger partial charge is 0.357 e. The van der Waals surface area contributed by atoms with Crippen LogP contribution in [0.25, 0.3) is 0 Å². The lowest BCUT2D eigenvalue weighted by Gasteiger charge is -2.24. The van der Waals surface area contributed by atoms with Crippen LogP contribution in [0.1, 0.15) is 44.6 Å². The number of nitrogens with zero attached hydrogens (tertiary/aromatic N) is 1. The van der Waals surface area contributed by atoms with E-state index >= 15 is 0 Å². The van der Waals surface area contributed by atoms with E-state index in [2.05, 4.69) is 15.6 Å². The van der Waals surface area contributed by atoms with Gasteiger partial charge >= 0.3 is 0 Å². The fourth-order valence-electron chi connectivity index (χ4n) is 2.59. The minimum absolute atomic E-state index is 0.131. The summed E-state index contributed by atoms with van der Waals surface area (Å²) in [6, 6.07) is 3.88. The molecule has 116 valence electrons. The molecule has 0 atom stereocenters. The molecule has 1 aromatic rings. The Morgan fingerprint density at radius 2 is 2.00 bits per heavy atom. The van der Waals surface area contributed by atoms with Crippen molar-refractivity contribution >= 4 is 5.96 Å². The van der Waals surface area contributed by atoms with Crippen molar-refractivity contribution in [3.8, 4) is 0 Å². The summed E-state index contributed by atoms with van der Waals surface area (Å²) in [5, 5.41) is 6.54. The summed E-state index contributed by atoms with van der Waals surface area (Å²) in [5.41, 5.74) is 0.274. The van der Waals surface area contributed by atoms with Crippen molar-refractivity contribution in [1.82, 2.24) is 10.6 Å². The Morgan fingerprint density at radius 1 is 1.24 bits per heavy atom. The number of benzene rings is 1. The molecule has 0 unspecified atom stereocenters. The van der Waals surface area contributed by atoms with Crippen LogP contribution in [-0.4, -0.2) is 18.5 Å². The van der Waals surface area contributed by atoms with Crippen LogP contribution in [0.4, 0.5) is 8.78 Å². The van der Waals surface area contributed by atoms with E-state index < -0.39 is 11.6 Å². The Kier molecular flexibility index (Phi) is 5.96. The van der Waals surface area contributed by atoms with Crippen molar-refractivity contribution in [2.24, 2.45) is 4.99 Å². The number of hydrogen-bond donors (Lipinski definition) is 2. The van der Waals surface area contributed by atoms with E-state index in [0.717, 1.165) is 31.5 Å². The second-order valence-corrected chi connectivity index (χ2v) is 5.41. The molecule has 3 nitrogen and oxygen atoms in total. The van der Waals surface area contributed by atoms with Crippen molar-refractivity contribution in [3.05, 3.63) is 35.4 Å². The molecule has 1 aliphatic carbocycles. The van der Waals surface area contributed by atoms with E-state index in [1.807, 2.05) is 6.92 Å². The molecule has 0 spiro atoms. The molecule has 0 amide bonds. The lowest BCUT2D eigenvalue weighted by Crippen LogP contribution is -2.44. The Morgan fingerprint density at radius 3 is 2.71 bits per heavy atom. The maximum absolute atomic E-state index is 13.6. The molecule has 0 radical (unpaired) electrons. The van der Waals surface area contributed by atoms with Crippen LogP contribution in [0.15, 0.2) is 23.2 Å². The molecule has 0 saturated heterocycles. The Hall–Kier alpha value is -1.65. The van der Waals surface area contributed by atoms with Gasteiger partial charge in [-0.15, -0.1) is 0 Å². The summed E-state index contributed by atoms with van der Waals surface area (Å²) in [7, 11) is 0. The van der Waals surface area contributed by atoms with E-state index in [0.29, 0.717) is 12.0 Å². The summed E-state index contributed by atoms with van der Waals surface area (Å²) in [5.74, 6) is -0.187. The first kappa shape index (κ1) is 15.7. The van der Waals surface area contributed by atoms with Gasteiger partial charge in [-0.1, -0.05) is 19.3 Å². The summed E-state index contributed by atoms with van der Waals surface area (Å²) in [6.07, 6.45) is 6.03. The molecule has 1 aromatic carbocycles. The zero-order valence-electron chi connectivity index (χ0n) is 12.5. The van der Waals surface area contributed by atoms with Gasteiger partial charge < -0.3 is 10.6 Å². The second kappa shape index (κ2) is 7.96. The predicted octanol–water partition coefficient (Wildman–Crippen LogP) is 3.35. The van der Waals surface area contributed by atoms with Crippen LogP contribution in [0, 0.1) is 11.6 Å². The SMILES string of the molecule is CCNC(=NCc1cc(F)ccc1F)NC1CCCCC1. The first-order valence-electron chi connectivity index (χ1n) is 7.68. The average Bonchev–Trinajstić information content (AvgIpc) is 2.49. The molecule has 21 heavy (non-hydrogen) atoms. The van der Waals surface area contributed by atoms with E-state index in [1.54, 1.807) is 0 Å². The van der Waals surface area contributed by atoms with Gasteiger partial charge in [-0.2, -0.15) is 0 Å². The highest BCUT2D eigenvalue weighted by atomic mass is 19.1. The fraction of sp³-hybridized carbons (Fsp3) is 0.562. The maximum atomic E-state index is 13.6. The summed E-state index contributed by atoms with van der Waals surface area (Å²) >= 11 is 0. The highest BCUT2D eigenvalue weighted by Gasteiger charge is 2.14. The molecular weight excluding hydrogens is 272 g/mol. The van der Waals surface area contributed by atoms with Crippen molar-refractivity contribution in [3.63, 3.8) is 0 Å². The van der Waals surface area contributed by atoms with Crippen LogP contribution in [-0.2, 0) is 6.54 Å². The van der Waals surface area contributed by atoms with E-state index in [4.69, 9.17) is 0 Å². The molecule has 0 aliphatic heterocycles. The number of rotatable bonds is 4. The van der Waals surface area contributed by atoms with Gasteiger partial charge in [0.05, 0.1) is 6.54 Å². The molecule has 0 heterocycles. The normalized spacial score (nSPS) is 16.8. The third-order valence-electron chi connectivity index (χ3n) is 3.71. The predicted molar refractivity (Wildman–Crippen MR) is 81.2 cm³/mol. The van der Waals surface area contributed by atoms with Crippen LogP contribution in [0.2, 0.25) is 0 Å². The number of hydrogen-bond acceptors (Lipinski definition) is 1. The quantitative estimate of drug-likeness (QED) is 0.660. The zero-order valence-corrected chi connectivity index (χ0v) is 12.5. The van der Waals surface area contributed by atoms with E-state index in [1.165, 1.54) is 25.3 Å². The maximum Gasteiger partial charge on any atom is 0.191 e. The second-order valence-electron chi connectivity index (χ2n) is 5.41. The summed E-state index contributed by atoms with van der Waals surface area (Å²) in [4.78, 5) is 4.37. The van der Waals surface area contributed by atoms with Crippen molar-refractivity contribution in [2.75, 3.05) is 6.54 Å². The minimum Gasteiger partial charge on any atom is -0.357 e. The van der Waals surface area contributed by atoms with Crippen LogP contribution in [0.3, 0.4) is 0 Å². The van der Waals surface area contributed by atoms with Gasteiger partial charge in [0.1, 0.15) is 11.6 Å². The Bertz CT molecular complexity index is 482. The molecule has 2 rings (SSSR count). The van der Waals surface area contributed by atoms with Gasteiger partial charge in [0.25, 0.3) is 0 Å². The number of aliphatic imine (C=N–C) groups is 1. The van der Waals surface area contributed by atoms with Gasteiger partial charge in [-0.25, -0.2) is 13.8 Å². The van der Waals surface area contributed by atoms with Crippen LogP contribution in [0.5, 0.6) is 0 Å². The highest BCUT2D eigenvalue weighted by Crippen LogP contribution is 2.17. The van der Waals surface area contributed by atoms with Crippen LogP contribution < -0.4 is 10.6 Å². The standard InChI is InChI=1S/C16H23F2N3/c1-2-19-16(21-14-6-4-3-5-7-14)20-11-12-10-13(17)8-9-15(12)18/h8-10,14H,2-7,11H2,1H3,(H2,19,20,21). The lowest BCUT2D eigenvalue weighted by molar-refractivity contribution is 0.410. The van der Waals surface area contributed by atoms with Gasteiger partial charge in [0.2, 0.25) is 0 Å². The van der Waals surface area contributed by atoms with Crippen LogP contribution >= 0.6 is 0 Å². The molecule has 1 aliphatic rings. The van der Waals surface area contributed by atoms with Crippen molar-refractivity contribution < 1.29 is 8.78 Å². The third-order valence-corrected chi connectivity index (χ3v) is 3.71. The average molecular weight is 295 g/mol. The lowest BCUT2D eigenvalue weighted by atomic mass is 9.96. The van der Waals surface area contributed by atoms with Gasteiger partial charge in [0, 0.05) is 18.2 Å². The van der Waals surface area contributed by atoms with E-state index in [9.17, 15) is 8.78 Å². The molecule has 5 heteroatoms. The number of nitrogens with one attached hydrogen (secondary N) is 2. The van der Waals surface area contributed by atoms with Crippen molar-refractivity contribution in [2.45, 2.75) is 51.6 Å². The van der Waals surface area contributed by atoms with Crippen molar-refractivity contribution in [1.29, 1.82) is 0 Å². The Labute approximate surface area is 124 Å². The highest BCUT2D eigenvalue weighted by molar-refractivity contribution is 5.80. The summed E-state index contributed by atoms with van der Waals surface area (Å²) in [6.45, 7) is 2.86. The first-order chi connectivity index (χ1) is 10.2. The molecule has 1 saturated carbocycles. The third kappa shape index (κ3) is 4.99.